The molecule has 0 unspecified atom stereocenters. The number of hydrogen-bond acceptors (Lipinski definition) is 1. The van der Waals surface area contributed by atoms with Gasteiger partial charge in [-0.3, -0.25) is 0 Å². The smallest absolute Gasteiger partial charge is 0.324 e. The van der Waals surface area contributed by atoms with Crippen LogP contribution < -0.4 is 0 Å². The zero-order chi connectivity index (χ0) is 16.0. The van der Waals surface area contributed by atoms with Crippen LogP contribution in [0.25, 0.3) is 22.4 Å². The van der Waals surface area contributed by atoms with Crippen molar-refractivity contribution >= 4 is 11.0 Å². The summed E-state index contributed by atoms with van der Waals surface area (Å²) >= 11 is 0. The lowest BCUT2D eigenvalue weighted by Gasteiger charge is -2.09. The number of benzene rings is 2. The number of aromatic nitrogens is 2. The molecule has 0 radical (unpaired) electrons. The predicted molar refractivity (Wildman–Crippen MR) is 82.9 cm³/mol. The normalized spacial score (nSPS) is 15.3. The van der Waals surface area contributed by atoms with Gasteiger partial charge in [0.1, 0.15) is 5.82 Å². The maximum Gasteiger partial charge on any atom is 0.416 e. The van der Waals surface area contributed by atoms with Gasteiger partial charge >= 0.3 is 6.18 Å². The van der Waals surface area contributed by atoms with Crippen LogP contribution in [0.4, 0.5) is 13.2 Å². The van der Waals surface area contributed by atoms with Crippen LogP contribution in [-0.4, -0.2) is 9.55 Å². The number of hydrogen-bond donors (Lipinski definition) is 0. The van der Waals surface area contributed by atoms with Gasteiger partial charge < -0.3 is 4.57 Å². The standard InChI is InChI=1S/C18H15F3N2/c19-18(20,21)14-8-9-16-15(10-14)22-17(13-4-2-1-3-5-13)23(16)11-12-6-7-12/h1-5,8-10,12H,6-7,11H2. The van der Waals surface area contributed by atoms with Crippen molar-refractivity contribution in [2.45, 2.75) is 25.6 Å². The van der Waals surface area contributed by atoms with E-state index in [9.17, 15) is 13.2 Å². The molecule has 118 valence electrons. The topological polar surface area (TPSA) is 17.8 Å². The maximum absolute atomic E-state index is 12.9. The van der Waals surface area contributed by atoms with Crippen molar-refractivity contribution in [1.29, 1.82) is 0 Å². The highest BCUT2D eigenvalue weighted by Gasteiger charge is 2.31. The second-order valence-electron chi connectivity index (χ2n) is 6.06. The van der Waals surface area contributed by atoms with Crippen LogP contribution in [-0.2, 0) is 12.7 Å². The van der Waals surface area contributed by atoms with Gasteiger partial charge in [0.15, 0.2) is 0 Å². The summed E-state index contributed by atoms with van der Waals surface area (Å²) in [4.78, 5) is 4.50. The summed E-state index contributed by atoms with van der Waals surface area (Å²) in [6.45, 7) is 0.812. The molecule has 0 bridgehead atoms. The number of halogens is 3. The Morgan fingerprint density at radius 1 is 1.04 bits per heavy atom. The van der Waals surface area contributed by atoms with Crippen LogP contribution in [0.2, 0.25) is 0 Å². The molecule has 1 aliphatic carbocycles. The van der Waals surface area contributed by atoms with E-state index in [4.69, 9.17) is 0 Å². The second-order valence-corrected chi connectivity index (χ2v) is 6.06. The van der Waals surface area contributed by atoms with E-state index in [2.05, 4.69) is 9.55 Å². The van der Waals surface area contributed by atoms with Crippen LogP contribution in [0, 0.1) is 5.92 Å². The Morgan fingerprint density at radius 3 is 2.43 bits per heavy atom. The van der Waals surface area contributed by atoms with Gasteiger partial charge in [0, 0.05) is 12.1 Å². The summed E-state index contributed by atoms with van der Waals surface area (Å²) in [6, 6.07) is 13.5. The van der Waals surface area contributed by atoms with E-state index in [1.807, 2.05) is 30.3 Å². The van der Waals surface area contributed by atoms with Gasteiger partial charge in [-0.1, -0.05) is 30.3 Å². The zero-order valence-corrected chi connectivity index (χ0v) is 12.3. The first kappa shape index (κ1) is 14.3. The van der Waals surface area contributed by atoms with Crippen molar-refractivity contribution in [1.82, 2.24) is 9.55 Å². The van der Waals surface area contributed by atoms with Gasteiger partial charge in [-0.25, -0.2) is 4.98 Å². The molecular formula is C18H15F3N2. The molecule has 23 heavy (non-hydrogen) atoms. The van der Waals surface area contributed by atoms with Gasteiger partial charge in [-0.05, 0) is 37.0 Å². The quantitative estimate of drug-likeness (QED) is 0.655. The first-order valence-electron chi connectivity index (χ1n) is 7.65. The summed E-state index contributed by atoms with van der Waals surface area (Å²) in [6.07, 6.45) is -2.00. The van der Waals surface area contributed by atoms with Crippen LogP contribution in [0.1, 0.15) is 18.4 Å². The van der Waals surface area contributed by atoms with Crippen molar-refractivity contribution in [3.05, 3.63) is 54.1 Å². The average Bonchev–Trinajstić information content (AvgIpc) is 3.27. The van der Waals surface area contributed by atoms with Crippen LogP contribution in [0.15, 0.2) is 48.5 Å². The highest BCUT2D eigenvalue weighted by atomic mass is 19.4. The number of imidazole rings is 1. The maximum atomic E-state index is 12.9. The Kier molecular flexibility index (Phi) is 3.18. The molecule has 0 atom stereocenters. The van der Waals surface area contributed by atoms with Crippen LogP contribution in [0.3, 0.4) is 0 Å². The monoisotopic (exact) mass is 316 g/mol. The molecule has 0 amide bonds. The highest BCUT2D eigenvalue weighted by Crippen LogP contribution is 2.36. The van der Waals surface area contributed by atoms with E-state index in [1.165, 1.54) is 12.8 Å². The molecular weight excluding hydrogens is 301 g/mol. The summed E-state index contributed by atoms with van der Waals surface area (Å²) < 4.78 is 40.9. The van der Waals surface area contributed by atoms with E-state index in [1.54, 1.807) is 6.07 Å². The molecule has 2 nitrogen and oxygen atoms in total. The molecule has 4 rings (SSSR count). The highest BCUT2D eigenvalue weighted by molar-refractivity contribution is 5.81. The lowest BCUT2D eigenvalue weighted by atomic mass is 10.2. The van der Waals surface area contributed by atoms with E-state index in [0.29, 0.717) is 11.4 Å². The lowest BCUT2D eigenvalue weighted by molar-refractivity contribution is -0.137. The van der Waals surface area contributed by atoms with Crippen molar-refractivity contribution in [2.75, 3.05) is 0 Å². The fourth-order valence-electron chi connectivity index (χ4n) is 2.86. The third-order valence-corrected chi connectivity index (χ3v) is 4.25. The first-order valence-corrected chi connectivity index (χ1v) is 7.65. The van der Waals surface area contributed by atoms with E-state index >= 15 is 0 Å². The molecule has 2 aromatic carbocycles. The molecule has 0 saturated heterocycles. The zero-order valence-electron chi connectivity index (χ0n) is 12.3. The summed E-state index contributed by atoms with van der Waals surface area (Å²) in [5.74, 6) is 1.35. The largest absolute Gasteiger partial charge is 0.416 e. The molecule has 3 aromatic rings. The minimum atomic E-state index is -4.35. The predicted octanol–water partition coefficient (Wildman–Crippen LogP) is 5.13. The van der Waals surface area contributed by atoms with Crippen LogP contribution in [0.5, 0.6) is 0 Å². The number of alkyl halides is 3. The third kappa shape index (κ3) is 2.71. The molecule has 1 heterocycles. The Hall–Kier alpha value is -2.30. The van der Waals surface area contributed by atoms with Crippen molar-refractivity contribution in [2.24, 2.45) is 5.92 Å². The SMILES string of the molecule is FC(F)(F)c1ccc2c(c1)nc(-c1ccccc1)n2CC1CC1. The van der Waals surface area contributed by atoms with Gasteiger partial charge in [-0.2, -0.15) is 13.2 Å². The van der Waals surface area contributed by atoms with Gasteiger partial charge in [0.2, 0.25) is 0 Å². The fraction of sp³-hybridized carbons (Fsp3) is 0.278. The third-order valence-electron chi connectivity index (χ3n) is 4.25. The Balaban J connectivity index is 1.89. The molecule has 0 N–H and O–H groups in total. The summed E-state index contributed by atoms with van der Waals surface area (Å²) in [7, 11) is 0. The molecule has 0 spiro atoms. The molecule has 1 aliphatic rings. The Bertz CT molecular complexity index is 846. The van der Waals surface area contributed by atoms with Gasteiger partial charge in [0.25, 0.3) is 0 Å². The average molecular weight is 316 g/mol. The van der Waals surface area contributed by atoms with E-state index in [-0.39, 0.29) is 0 Å². The first-order chi connectivity index (χ1) is 11.0. The molecule has 0 aliphatic heterocycles. The molecule has 1 aromatic heterocycles. The minimum absolute atomic E-state index is 0.402. The Morgan fingerprint density at radius 2 is 1.78 bits per heavy atom. The Labute approximate surface area is 131 Å². The van der Waals surface area contributed by atoms with Gasteiger partial charge in [0.05, 0.1) is 16.6 Å². The summed E-state index contributed by atoms with van der Waals surface area (Å²) in [5, 5.41) is 0. The van der Waals surface area contributed by atoms with E-state index in [0.717, 1.165) is 35.6 Å². The van der Waals surface area contributed by atoms with Gasteiger partial charge in [-0.15, -0.1) is 0 Å². The van der Waals surface area contributed by atoms with Crippen molar-refractivity contribution in [3.8, 4) is 11.4 Å². The van der Waals surface area contributed by atoms with Crippen molar-refractivity contribution in [3.63, 3.8) is 0 Å². The second kappa shape index (κ2) is 5.11. The van der Waals surface area contributed by atoms with E-state index < -0.39 is 11.7 Å². The van der Waals surface area contributed by atoms with Crippen molar-refractivity contribution < 1.29 is 13.2 Å². The minimum Gasteiger partial charge on any atom is -0.324 e. The molecule has 1 fully saturated rings. The number of nitrogens with zero attached hydrogens (tertiary/aromatic N) is 2. The fourth-order valence-corrected chi connectivity index (χ4v) is 2.86. The lowest BCUT2D eigenvalue weighted by Crippen LogP contribution is -2.05. The van der Waals surface area contributed by atoms with Crippen LogP contribution >= 0.6 is 0 Å². The summed E-state index contributed by atoms with van der Waals surface area (Å²) in [5.41, 5.74) is 1.45. The number of fused-ring (bicyclic) bond motifs is 1. The number of rotatable bonds is 3. The molecule has 1 saturated carbocycles. The molecule has 5 heteroatoms.